The predicted octanol–water partition coefficient (Wildman–Crippen LogP) is 1.35. The molecule has 2 unspecified atom stereocenters. The SMILES string of the molecule is Cc1cc(N2CC3CCC(C2)O3)c(C(=N)N)c(C)n1. The van der Waals surface area contributed by atoms with E-state index in [1.54, 1.807) is 0 Å². The van der Waals surface area contributed by atoms with Gasteiger partial charge in [-0.25, -0.2) is 0 Å². The molecule has 2 atom stereocenters. The third kappa shape index (κ3) is 2.18. The number of hydrogen-bond acceptors (Lipinski definition) is 4. The first-order chi connectivity index (χ1) is 9.04. The molecular formula is C14H20N4O. The van der Waals surface area contributed by atoms with Gasteiger partial charge in [-0.15, -0.1) is 0 Å². The minimum Gasteiger partial charge on any atom is -0.384 e. The van der Waals surface area contributed by atoms with Gasteiger partial charge in [0.25, 0.3) is 0 Å². The third-order valence-corrected chi connectivity index (χ3v) is 3.96. The van der Waals surface area contributed by atoms with Crippen LogP contribution in [0.15, 0.2) is 6.07 Å². The summed E-state index contributed by atoms with van der Waals surface area (Å²) in [5.74, 6) is 0.0961. The van der Waals surface area contributed by atoms with Crippen LogP contribution in [-0.4, -0.2) is 36.1 Å². The minimum absolute atomic E-state index is 0.0961. The molecule has 0 radical (unpaired) electrons. The van der Waals surface area contributed by atoms with Gasteiger partial charge in [-0.2, -0.15) is 0 Å². The molecule has 3 rings (SSSR count). The highest BCUT2D eigenvalue weighted by Crippen LogP contribution is 2.32. The van der Waals surface area contributed by atoms with Crippen LogP contribution in [-0.2, 0) is 4.74 Å². The molecule has 2 bridgehead atoms. The van der Waals surface area contributed by atoms with E-state index >= 15 is 0 Å². The van der Waals surface area contributed by atoms with Gasteiger partial charge >= 0.3 is 0 Å². The number of nitrogens with two attached hydrogens (primary N) is 1. The van der Waals surface area contributed by atoms with Crippen molar-refractivity contribution in [2.24, 2.45) is 5.73 Å². The van der Waals surface area contributed by atoms with Crippen molar-refractivity contribution in [2.45, 2.75) is 38.9 Å². The molecule has 0 saturated carbocycles. The molecule has 1 aromatic heterocycles. The number of morpholine rings is 1. The molecule has 19 heavy (non-hydrogen) atoms. The van der Waals surface area contributed by atoms with Crippen LogP contribution in [0.5, 0.6) is 0 Å². The molecule has 0 aliphatic carbocycles. The Balaban J connectivity index is 2.01. The fourth-order valence-corrected chi connectivity index (χ4v) is 3.20. The average molecular weight is 260 g/mol. The summed E-state index contributed by atoms with van der Waals surface area (Å²) in [4.78, 5) is 6.74. The highest BCUT2D eigenvalue weighted by Gasteiger charge is 2.34. The number of pyridine rings is 1. The molecule has 0 aromatic carbocycles. The van der Waals surface area contributed by atoms with E-state index in [9.17, 15) is 0 Å². The number of nitrogens with one attached hydrogen (secondary N) is 1. The Morgan fingerprint density at radius 3 is 2.58 bits per heavy atom. The second-order valence-corrected chi connectivity index (χ2v) is 5.52. The Hall–Kier alpha value is -1.62. The van der Waals surface area contributed by atoms with Crippen molar-refractivity contribution in [1.29, 1.82) is 5.41 Å². The van der Waals surface area contributed by atoms with E-state index in [0.29, 0.717) is 12.2 Å². The third-order valence-electron chi connectivity index (χ3n) is 3.96. The number of anilines is 1. The number of nitrogen functional groups attached to an aromatic ring is 1. The summed E-state index contributed by atoms with van der Waals surface area (Å²) in [7, 11) is 0. The first kappa shape index (κ1) is 12.4. The van der Waals surface area contributed by atoms with Crippen molar-refractivity contribution in [3.63, 3.8) is 0 Å². The summed E-state index contributed by atoms with van der Waals surface area (Å²) in [6, 6.07) is 2.04. The van der Waals surface area contributed by atoms with Gasteiger partial charge in [0.2, 0.25) is 0 Å². The Labute approximate surface area is 113 Å². The van der Waals surface area contributed by atoms with E-state index in [1.165, 1.54) is 0 Å². The maximum Gasteiger partial charge on any atom is 0.126 e. The number of ether oxygens (including phenoxy) is 1. The molecule has 2 saturated heterocycles. The lowest BCUT2D eigenvalue weighted by Crippen LogP contribution is -2.43. The molecule has 1 aromatic rings. The van der Waals surface area contributed by atoms with Crippen molar-refractivity contribution in [3.05, 3.63) is 23.0 Å². The number of hydrogen-bond donors (Lipinski definition) is 2. The normalized spacial score (nSPS) is 25.7. The molecule has 0 amide bonds. The molecule has 3 heterocycles. The first-order valence-corrected chi connectivity index (χ1v) is 6.77. The topological polar surface area (TPSA) is 75.2 Å². The van der Waals surface area contributed by atoms with Gasteiger partial charge < -0.3 is 15.4 Å². The maximum absolute atomic E-state index is 7.80. The Bertz CT molecular complexity index is 516. The van der Waals surface area contributed by atoms with Gasteiger partial charge in [0, 0.05) is 18.8 Å². The fraction of sp³-hybridized carbons (Fsp3) is 0.571. The average Bonchev–Trinajstić information content (AvgIpc) is 2.66. The lowest BCUT2D eigenvalue weighted by atomic mass is 10.1. The second-order valence-electron chi connectivity index (χ2n) is 5.52. The Morgan fingerprint density at radius 1 is 1.37 bits per heavy atom. The van der Waals surface area contributed by atoms with Gasteiger partial charge in [0.15, 0.2) is 0 Å². The zero-order valence-electron chi connectivity index (χ0n) is 11.4. The van der Waals surface area contributed by atoms with Crippen LogP contribution < -0.4 is 10.6 Å². The number of fused-ring (bicyclic) bond motifs is 2. The lowest BCUT2D eigenvalue weighted by Gasteiger charge is -2.35. The first-order valence-electron chi connectivity index (χ1n) is 6.77. The highest BCUT2D eigenvalue weighted by atomic mass is 16.5. The van der Waals surface area contributed by atoms with Crippen LogP contribution in [0, 0.1) is 19.3 Å². The molecule has 5 heteroatoms. The quantitative estimate of drug-likeness (QED) is 0.621. The van der Waals surface area contributed by atoms with E-state index < -0.39 is 0 Å². The van der Waals surface area contributed by atoms with Gasteiger partial charge in [-0.05, 0) is 32.8 Å². The van der Waals surface area contributed by atoms with Gasteiger partial charge in [0.05, 0.1) is 29.2 Å². The molecule has 2 aliphatic rings. The molecule has 2 aliphatic heterocycles. The zero-order chi connectivity index (χ0) is 13.6. The largest absolute Gasteiger partial charge is 0.384 e. The molecule has 2 fully saturated rings. The maximum atomic E-state index is 7.80. The summed E-state index contributed by atoms with van der Waals surface area (Å²) in [6.45, 7) is 5.68. The summed E-state index contributed by atoms with van der Waals surface area (Å²) in [6.07, 6.45) is 2.93. The van der Waals surface area contributed by atoms with Gasteiger partial charge in [-0.1, -0.05) is 0 Å². The van der Waals surface area contributed by atoms with Crippen LogP contribution in [0.2, 0.25) is 0 Å². The van der Waals surface area contributed by atoms with E-state index in [-0.39, 0.29) is 5.84 Å². The summed E-state index contributed by atoms with van der Waals surface area (Å²) < 4.78 is 5.87. The number of nitrogens with zero attached hydrogens (tertiary/aromatic N) is 2. The van der Waals surface area contributed by atoms with Crippen molar-refractivity contribution in [2.75, 3.05) is 18.0 Å². The van der Waals surface area contributed by atoms with E-state index in [0.717, 1.165) is 48.6 Å². The zero-order valence-corrected chi connectivity index (χ0v) is 11.4. The highest BCUT2D eigenvalue weighted by molar-refractivity contribution is 6.01. The van der Waals surface area contributed by atoms with Crippen LogP contribution in [0.25, 0.3) is 0 Å². The number of aryl methyl sites for hydroxylation is 2. The standard InChI is InChI=1S/C14H20N4O/c1-8-5-12(13(14(15)16)9(2)17-8)18-6-10-3-4-11(7-18)19-10/h5,10-11H,3-4,6-7H2,1-2H3,(H3,15,16). The van der Waals surface area contributed by atoms with E-state index in [2.05, 4.69) is 9.88 Å². The van der Waals surface area contributed by atoms with Crippen LogP contribution in [0.3, 0.4) is 0 Å². The number of amidine groups is 1. The number of aromatic nitrogens is 1. The summed E-state index contributed by atoms with van der Waals surface area (Å²) >= 11 is 0. The summed E-state index contributed by atoms with van der Waals surface area (Å²) in [5.41, 5.74) is 9.36. The lowest BCUT2D eigenvalue weighted by molar-refractivity contribution is 0.0305. The Morgan fingerprint density at radius 2 is 2.00 bits per heavy atom. The molecule has 5 nitrogen and oxygen atoms in total. The fourth-order valence-electron chi connectivity index (χ4n) is 3.20. The van der Waals surface area contributed by atoms with Crippen molar-refractivity contribution in [3.8, 4) is 0 Å². The van der Waals surface area contributed by atoms with E-state index in [4.69, 9.17) is 15.9 Å². The minimum atomic E-state index is 0.0961. The number of rotatable bonds is 2. The van der Waals surface area contributed by atoms with Crippen LogP contribution in [0.1, 0.15) is 29.8 Å². The molecular weight excluding hydrogens is 240 g/mol. The summed E-state index contributed by atoms with van der Waals surface area (Å²) in [5, 5.41) is 7.80. The smallest absolute Gasteiger partial charge is 0.126 e. The van der Waals surface area contributed by atoms with Crippen molar-refractivity contribution >= 4 is 11.5 Å². The second kappa shape index (κ2) is 4.49. The molecule has 102 valence electrons. The van der Waals surface area contributed by atoms with Crippen LogP contribution >= 0.6 is 0 Å². The van der Waals surface area contributed by atoms with Gasteiger partial charge in [-0.3, -0.25) is 10.4 Å². The van der Waals surface area contributed by atoms with E-state index in [1.807, 2.05) is 19.9 Å². The predicted molar refractivity (Wildman–Crippen MR) is 74.8 cm³/mol. The molecule has 0 spiro atoms. The Kier molecular flexibility index (Phi) is 2.93. The van der Waals surface area contributed by atoms with Crippen LogP contribution in [0.4, 0.5) is 5.69 Å². The van der Waals surface area contributed by atoms with Crippen molar-refractivity contribution in [1.82, 2.24) is 4.98 Å². The van der Waals surface area contributed by atoms with Gasteiger partial charge in [0.1, 0.15) is 5.84 Å². The monoisotopic (exact) mass is 260 g/mol. The van der Waals surface area contributed by atoms with Crippen molar-refractivity contribution < 1.29 is 4.74 Å². The molecule has 3 N–H and O–H groups in total.